The number of carbonyl (C=O) groups is 3. The van der Waals surface area contributed by atoms with E-state index in [-0.39, 0.29) is 53.8 Å². The molecule has 0 spiro atoms. The molecule has 3 atom stereocenters. The van der Waals surface area contributed by atoms with Gasteiger partial charge in [-0.3, -0.25) is 14.4 Å². The van der Waals surface area contributed by atoms with Crippen molar-refractivity contribution < 1.29 is 37.0 Å². The molecule has 1 saturated heterocycles. The van der Waals surface area contributed by atoms with E-state index in [1.807, 2.05) is 6.92 Å². The maximum Gasteiger partial charge on any atom is 0.416 e. The Balaban J connectivity index is 1.47. The van der Waals surface area contributed by atoms with Gasteiger partial charge in [0, 0.05) is 24.8 Å². The van der Waals surface area contributed by atoms with Crippen LogP contribution in [0.15, 0.2) is 42.5 Å². The summed E-state index contributed by atoms with van der Waals surface area (Å²) in [6.45, 7) is 2.75. The molecule has 0 aliphatic carbocycles. The summed E-state index contributed by atoms with van der Waals surface area (Å²) in [6, 6.07) is 8.33. The van der Waals surface area contributed by atoms with Crippen LogP contribution in [0.2, 0.25) is 0 Å². The first-order valence-corrected chi connectivity index (χ1v) is 12.5. The highest BCUT2D eigenvalue weighted by Crippen LogP contribution is 2.33. The van der Waals surface area contributed by atoms with E-state index < -0.39 is 23.8 Å². The van der Waals surface area contributed by atoms with Gasteiger partial charge in [0.15, 0.2) is 0 Å². The Labute approximate surface area is 218 Å². The number of halogens is 3. The number of amides is 3. The number of alkyl halides is 3. The van der Waals surface area contributed by atoms with Crippen LogP contribution in [-0.2, 0) is 15.7 Å². The first kappa shape index (κ1) is 27.4. The summed E-state index contributed by atoms with van der Waals surface area (Å²) in [5, 5.41) is 5.40. The summed E-state index contributed by atoms with van der Waals surface area (Å²) in [5.74, 6) is -0.855. The maximum absolute atomic E-state index is 13.4. The zero-order valence-electron chi connectivity index (χ0n) is 21.1. The number of anilines is 1. The van der Waals surface area contributed by atoms with Crippen molar-refractivity contribution in [1.29, 1.82) is 0 Å². The molecule has 2 aliphatic rings. The summed E-state index contributed by atoms with van der Waals surface area (Å²) in [4.78, 5) is 39.7. The third-order valence-electron chi connectivity index (χ3n) is 6.71. The predicted octanol–water partition coefficient (Wildman–Crippen LogP) is 4.25. The van der Waals surface area contributed by atoms with E-state index in [1.54, 1.807) is 11.9 Å². The second-order valence-electron chi connectivity index (χ2n) is 9.47. The Kier molecular flexibility index (Phi) is 8.25. The highest BCUT2D eigenvalue weighted by atomic mass is 19.4. The lowest BCUT2D eigenvalue weighted by molar-refractivity contribution is -0.137. The summed E-state index contributed by atoms with van der Waals surface area (Å²) in [6.07, 6.45) is -2.94. The van der Waals surface area contributed by atoms with Crippen LogP contribution in [0.5, 0.6) is 5.75 Å². The minimum Gasteiger partial charge on any atom is -0.490 e. The zero-order chi connectivity index (χ0) is 27.4. The first-order valence-electron chi connectivity index (χ1n) is 12.5. The molecule has 0 aromatic heterocycles. The molecule has 0 bridgehead atoms. The molecule has 2 aromatic rings. The normalized spacial score (nSPS) is 21.3. The average molecular weight is 534 g/mol. The summed E-state index contributed by atoms with van der Waals surface area (Å²) < 4.78 is 51.1. The molecule has 11 heteroatoms. The topological polar surface area (TPSA) is 97.0 Å². The Morgan fingerprint density at radius 3 is 2.66 bits per heavy atom. The van der Waals surface area contributed by atoms with Crippen molar-refractivity contribution in [1.82, 2.24) is 10.2 Å². The monoisotopic (exact) mass is 533 g/mol. The van der Waals surface area contributed by atoms with Gasteiger partial charge in [0.1, 0.15) is 18.5 Å². The van der Waals surface area contributed by atoms with E-state index in [1.165, 1.54) is 24.3 Å². The molecule has 1 fully saturated rings. The van der Waals surface area contributed by atoms with Crippen LogP contribution in [-0.4, -0.2) is 61.1 Å². The molecule has 38 heavy (non-hydrogen) atoms. The molecule has 2 N–H and O–H groups in total. The molecular formula is C27H30F3N3O5. The van der Waals surface area contributed by atoms with Crippen LogP contribution in [0.1, 0.15) is 58.9 Å². The Bertz CT molecular complexity index is 1200. The fourth-order valence-electron chi connectivity index (χ4n) is 4.69. The fourth-order valence-corrected chi connectivity index (χ4v) is 4.69. The molecule has 2 aliphatic heterocycles. The van der Waals surface area contributed by atoms with Gasteiger partial charge in [0.25, 0.3) is 11.8 Å². The van der Waals surface area contributed by atoms with Crippen molar-refractivity contribution >= 4 is 23.4 Å². The minimum absolute atomic E-state index is 0.0726. The molecule has 0 radical (unpaired) electrons. The van der Waals surface area contributed by atoms with E-state index in [2.05, 4.69) is 10.6 Å². The Hall–Kier alpha value is -3.60. The first-order chi connectivity index (χ1) is 18.1. The van der Waals surface area contributed by atoms with Crippen LogP contribution in [0.3, 0.4) is 0 Å². The van der Waals surface area contributed by atoms with Crippen molar-refractivity contribution in [2.24, 2.45) is 0 Å². The number of ether oxygens (including phenoxy) is 2. The highest BCUT2D eigenvalue weighted by Gasteiger charge is 2.39. The SMILES string of the molecule is CCCNC(=O)C[C@@H]1CC[C@H]2[C@@H](COc3ccc(NC(=O)c4cccc(C(F)(F)F)c4)cc3C(=O)N2C)O1. The smallest absolute Gasteiger partial charge is 0.416 e. The highest BCUT2D eigenvalue weighted by molar-refractivity contribution is 6.05. The maximum atomic E-state index is 13.4. The van der Waals surface area contributed by atoms with Gasteiger partial charge < -0.3 is 25.0 Å². The number of rotatable bonds is 6. The van der Waals surface area contributed by atoms with Gasteiger partial charge >= 0.3 is 6.18 Å². The number of benzene rings is 2. The quantitative estimate of drug-likeness (QED) is 0.579. The van der Waals surface area contributed by atoms with Crippen molar-refractivity contribution in [3.8, 4) is 5.75 Å². The molecule has 0 unspecified atom stereocenters. The number of nitrogens with one attached hydrogen (secondary N) is 2. The fraction of sp³-hybridized carbons (Fsp3) is 0.444. The van der Waals surface area contributed by atoms with E-state index >= 15 is 0 Å². The van der Waals surface area contributed by atoms with Crippen LogP contribution in [0.25, 0.3) is 0 Å². The molecule has 0 saturated carbocycles. The van der Waals surface area contributed by atoms with Gasteiger partial charge in [0.05, 0.1) is 29.7 Å². The summed E-state index contributed by atoms with van der Waals surface area (Å²) >= 11 is 0. The minimum atomic E-state index is -4.57. The summed E-state index contributed by atoms with van der Waals surface area (Å²) in [7, 11) is 1.67. The van der Waals surface area contributed by atoms with Crippen LogP contribution in [0.4, 0.5) is 18.9 Å². The number of likely N-dealkylation sites (N-methyl/N-ethyl adjacent to an activating group) is 1. The molecule has 4 rings (SSSR count). The van der Waals surface area contributed by atoms with Gasteiger partial charge in [-0.25, -0.2) is 0 Å². The molecule has 2 heterocycles. The van der Waals surface area contributed by atoms with Gasteiger partial charge in [-0.05, 0) is 55.7 Å². The largest absolute Gasteiger partial charge is 0.490 e. The lowest BCUT2D eigenvalue weighted by atomic mass is 9.94. The van der Waals surface area contributed by atoms with Crippen molar-refractivity contribution in [2.75, 3.05) is 25.5 Å². The van der Waals surface area contributed by atoms with E-state index in [0.717, 1.165) is 24.6 Å². The van der Waals surface area contributed by atoms with Crippen molar-refractivity contribution in [2.45, 2.75) is 57.0 Å². The van der Waals surface area contributed by atoms with Gasteiger partial charge in [-0.1, -0.05) is 13.0 Å². The van der Waals surface area contributed by atoms with Crippen molar-refractivity contribution in [3.05, 3.63) is 59.2 Å². The predicted molar refractivity (Wildman–Crippen MR) is 133 cm³/mol. The second kappa shape index (κ2) is 11.4. The average Bonchev–Trinajstić information content (AvgIpc) is 2.89. The lowest BCUT2D eigenvalue weighted by Gasteiger charge is -2.42. The van der Waals surface area contributed by atoms with Crippen LogP contribution >= 0.6 is 0 Å². The third-order valence-corrected chi connectivity index (χ3v) is 6.71. The number of carbonyl (C=O) groups excluding carboxylic acids is 3. The van der Waals surface area contributed by atoms with Crippen LogP contribution < -0.4 is 15.4 Å². The zero-order valence-corrected chi connectivity index (χ0v) is 21.1. The number of hydrogen-bond acceptors (Lipinski definition) is 5. The van der Waals surface area contributed by atoms with Crippen LogP contribution in [0, 0.1) is 0 Å². The van der Waals surface area contributed by atoms with E-state index in [0.29, 0.717) is 25.1 Å². The van der Waals surface area contributed by atoms with E-state index in [9.17, 15) is 27.6 Å². The molecule has 8 nitrogen and oxygen atoms in total. The molecular weight excluding hydrogens is 503 g/mol. The number of fused-ring (bicyclic) bond motifs is 2. The lowest BCUT2D eigenvalue weighted by Crippen LogP contribution is -2.54. The molecule has 204 valence electrons. The standard InChI is InChI=1S/C27H30F3N3O5/c1-3-11-31-24(34)14-19-8-9-21-23(38-19)15-37-22-10-7-18(13-20(22)26(36)33(21)2)32-25(35)16-5-4-6-17(12-16)27(28,29)30/h4-7,10,12-13,19,21,23H,3,8-9,11,14-15H2,1-2H3,(H,31,34)(H,32,35)/t19-,21-,23+/m0/s1. The number of hydrogen-bond donors (Lipinski definition) is 2. The van der Waals surface area contributed by atoms with Gasteiger partial charge in [-0.15, -0.1) is 0 Å². The van der Waals surface area contributed by atoms with E-state index in [4.69, 9.17) is 9.47 Å². The van der Waals surface area contributed by atoms with Crippen molar-refractivity contribution in [3.63, 3.8) is 0 Å². The third kappa shape index (κ3) is 6.27. The second-order valence-corrected chi connectivity index (χ2v) is 9.47. The Morgan fingerprint density at radius 1 is 1.13 bits per heavy atom. The summed E-state index contributed by atoms with van der Waals surface area (Å²) in [5.41, 5.74) is -0.631. The molecule has 3 amide bonds. The molecule has 2 aromatic carbocycles. The Morgan fingerprint density at radius 2 is 1.92 bits per heavy atom. The van der Waals surface area contributed by atoms with Gasteiger partial charge in [0.2, 0.25) is 5.91 Å². The van der Waals surface area contributed by atoms with Gasteiger partial charge in [-0.2, -0.15) is 13.2 Å². The number of nitrogens with zero attached hydrogens (tertiary/aromatic N) is 1.